The summed E-state index contributed by atoms with van der Waals surface area (Å²) in [4.78, 5) is 0. The van der Waals surface area contributed by atoms with Crippen LogP contribution < -0.4 is 5.73 Å². The second-order valence-electron chi connectivity index (χ2n) is 3.02. The van der Waals surface area contributed by atoms with Gasteiger partial charge in [0.25, 0.3) is 0 Å². The van der Waals surface area contributed by atoms with E-state index in [9.17, 15) is 0 Å². The summed E-state index contributed by atoms with van der Waals surface area (Å²) in [6.45, 7) is 0. The van der Waals surface area contributed by atoms with E-state index >= 15 is 0 Å². The molecule has 2 rings (SSSR count). The van der Waals surface area contributed by atoms with E-state index in [1.807, 2.05) is 36.4 Å². The zero-order valence-electron chi connectivity index (χ0n) is 7.50. The zero-order chi connectivity index (χ0) is 9.97. The van der Waals surface area contributed by atoms with Crippen molar-refractivity contribution >= 4 is 17.3 Å². The van der Waals surface area contributed by atoms with E-state index in [1.165, 1.54) is 0 Å². The molecule has 2 N–H and O–H groups in total. The number of hydrogen-bond acceptors (Lipinski definition) is 1. The SMILES string of the molecule is Nc1cccc(-c2ccc[c]c2Cl)c1. The van der Waals surface area contributed by atoms with Gasteiger partial charge in [0.15, 0.2) is 0 Å². The van der Waals surface area contributed by atoms with Gasteiger partial charge in [-0.15, -0.1) is 0 Å². The number of nitrogen functional groups attached to an aromatic ring is 1. The molecule has 1 nitrogen and oxygen atoms in total. The van der Waals surface area contributed by atoms with Crippen molar-refractivity contribution in [2.24, 2.45) is 0 Å². The molecule has 14 heavy (non-hydrogen) atoms. The van der Waals surface area contributed by atoms with Gasteiger partial charge in [0.05, 0.1) is 5.02 Å². The fraction of sp³-hybridized carbons (Fsp3) is 0. The molecule has 0 aliphatic rings. The average Bonchev–Trinajstić information content (AvgIpc) is 2.18. The zero-order valence-corrected chi connectivity index (χ0v) is 8.25. The summed E-state index contributed by atoms with van der Waals surface area (Å²) in [7, 11) is 0. The van der Waals surface area contributed by atoms with Gasteiger partial charge >= 0.3 is 0 Å². The Labute approximate surface area is 88.1 Å². The summed E-state index contributed by atoms with van der Waals surface area (Å²) in [5, 5.41) is 0.623. The molecule has 0 saturated carbocycles. The van der Waals surface area contributed by atoms with Crippen LogP contribution in [-0.4, -0.2) is 0 Å². The molecule has 2 aromatic rings. The van der Waals surface area contributed by atoms with Crippen LogP contribution in [0.5, 0.6) is 0 Å². The van der Waals surface area contributed by atoms with E-state index in [0.717, 1.165) is 16.8 Å². The number of hydrogen-bond donors (Lipinski definition) is 1. The van der Waals surface area contributed by atoms with Crippen LogP contribution >= 0.6 is 11.6 Å². The van der Waals surface area contributed by atoms with Crippen molar-refractivity contribution in [2.45, 2.75) is 0 Å². The van der Waals surface area contributed by atoms with Crippen LogP contribution in [0.2, 0.25) is 5.02 Å². The first-order chi connectivity index (χ1) is 6.77. The van der Waals surface area contributed by atoms with E-state index in [-0.39, 0.29) is 0 Å². The molecule has 0 unspecified atom stereocenters. The first-order valence-electron chi connectivity index (χ1n) is 4.29. The van der Waals surface area contributed by atoms with Crippen molar-refractivity contribution in [2.75, 3.05) is 5.73 Å². The molecule has 0 bridgehead atoms. The van der Waals surface area contributed by atoms with Gasteiger partial charge in [-0.2, -0.15) is 0 Å². The minimum Gasteiger partial charge on any atom is -0.399 e. The van der Waals surface area contributed by atoms with Gasteiger partial charge in [0.2, 0.25) is 0 Å². The Morgan fingerprint density at radius 1 is 1.14 bits per heavy atom. The lowest BCUT2D eigenvalue weighted by molar-refractivity contribution is 1.60. The van der Waals surface area contributed by atoms with Crippen LogP contribution in [0.25, 0.3) is 11.1 Å². The van der Waals surface area contributed by atoms with E-state index in [1.54, 1.807) is 6.07 Å². The predicted octanol–water partition coefficient (Wildman–Crippen LogP) is 3.39. The molecular weight excluding hydrogens is 194 g/mol. The third-order valence-corrected chi connectivity index (χ3v) is 2.32. The molecule has 0 spiro atoms. The van der Waals surface area contributed by atoms with Crippen molar-refractivity contribution in [1.82, 2.24) is 0 Å². The molecule has 69 valence electrons. The summed E-state index contributed by atoms with van der Waals surface area (Å²) in [6, 6.07) is 16.2. The second-order valence-corrected chi connectivity index (χ2v) is 3.40. The molecular formula is C12H9ClN. The molecule has 0 aliphatic carbocycles. The lowest BCUT2D eigenvalue weighted by Gasteiger charge is -2.04. The fourth-order valence-electron chi connectivity index (χ4n) is 1.35. The van der Waals surface area contributed by atoms with Gasteiger partial charge in [0.1, 0.15) is 0 Å². The number of nitrogens with two attached hydrogens (primary N) is 1. The highest BCUT2D eigenvalue weighted by Gasteiger charge is 2.01. The summed E-state index contributed by atoms with van der Waals surface area (Å²) in [6.07, 6.45) is 0. The smallest absolute Gasteiger partial charge is 0.0563 e. The Morgan fingerprint density at radius 3 is 2.71 bits per heavy atom. The van der Waals surface area contributed by atoms with Crippen molar-refractivity contribution in [3.63, 3.8) is 0 Å². The van der Waals surface area contributed by atoms with Gasteiger partial charge in [-0.1, -0.05) is 41.9 Å². The largest absolute Gasteiger partial charge is 0.399 e. The highest BCUT2D eigenvalue weighted by atomic mass is 35.5. The monoisotopic (exact) mass is 202 g/mol. The predicted molar refractivity (Wildman–Crippen MR) is 60.1 cm³/mol. The number of benzene rings is 2. The third kappa shape index (κ3) is 1.73. The molecule has 0 aliphatic heterocycles. The van der Waals surface area contributed by atoms with Crippen LogP contribution in [0.4, 0.5) is 5.69 Å². The Morgan fingerprint density at radius 2 is 2.00 bits per heavy atom. The maximum atomic E-state index is 6.01. The highest BCUT2D eigenvalue weighted by Crippen LogP contribution is 2.27. The molecule has 2 aromatic carbocycles. The molecule has 0 fully saturated rings. The maximum Gasteiger partial charge on any atom is 0.0563 e. The van der Waals surface area contributed by atoms with Gasteiger partial charge in [0, 0.05) is 17.3 Å². The number of anilines is 1. The van der Waals surface area contributed by atoms with Crippen molar-refractivity contribution in [1.29, 1.82) is 0 Å². The number of rotatable bonds is 1. The molecule has 0 heterocycles. The minimum atomic E-state index is 0.623. The standard InChI is InChI=1S/C12H9ClN/c13-12-7-2-1-6-11(12)9-4-3-5-10(14)8-9/h1-6,8H,14H2. The van der Waals surface area contributed by atoms with Crippen molar-refractivity contribution in [3.8, 4) is 11.1 Å². The van der Waals surface area contributed by atoms with Crippen LogP contribution in [0, 0.1) is 6.07 Å². The normalized spacial score (nSPS) is 10.1. The maximum absolute atomic E-state index is 6.01. The Bertz CT molecular complexity index is 452. The van der Waals surface area contributed by atoms with Gasteiger partial charge in [-0.05, 0) is 17.7 Å². The topological polar surface area (TPSA) is 26.0 Å². The van der Waals surface area contributed by atoms with Gasteiger partial charge < -0.3 is 5.73 Å². The Balaban J connectivity index is 2.55. The summed E-state index contributed by atoms with van der Waals surface area (Å²) in [5.41, 5.74) is 8.41. The summed E-state index contributed by atoms with van der Waals surface area (Å²) >= 11 is 6.01. The molecule has 0 amide bonds. The minimum absolute atomic E-state index is 0.623. The van der Waals surface area contributed by atoms with Crippen molar-refractivity contribution < 1.29 is 0 Å². The lowest BCUT2D eigenvalue weighted by Crippen LogP contribution is -1.85. The van der Waals surface area contributed by atoms with E-state index in [4.69, 9.17) is 17.3 Å². The van der Waals surface area contributed by atoms with Crippen LogP contribution in [-0.2, 0) is 0 Å². The molecule has 0 saturated heterocycles. The van der Waals surface area contributed by atoms with Crippen molar-refractivity contribution in [3.05, 3.63) is 53.6 Å². The molecule has 0 aromatic heterocycles. The quantitative estimate of drug-likeness (QED) is 0.705. The van der Waals surface area contributed by atoms with Crippen LogP contribution in [0.1, 0.15) is 0 Å². The Kier molecular flexibility index (Phi) is 2.42. The highest BCUT2D eigenvalue weighted by molar-refractivity contribution is 6.33. The first-order valence-corrected chi connectivity index (χ1v) is 4.67. The molecule has 1 radical (unpaired) electrons. The second kappa shape index (κ2) is 3.72. The van der Waals surface area contributed by atoms with Crippen LogP contribution in [0.15, 0.2) is 42.5 Å². The fourth-order valence-corrected chi connectivity index (χ4v) is 1.58. The van der Waals surface area contributed by atoms with E-state index < -0.39 is 0 Å². The first kappa shape index (κ1) is 9.10. The third-order valence-electron chi connectivity index (χ3n) is 2.00. The number of halogens is 1. The van der Waals surface area contributed by atoms with Gasteiger partial charge in [-0.25, -0.2) is 0 Å². The Hall–Kier alpha value is -1.47. The van der Waals surface area contributed by atoms with E-state index in [0.29, 0.717) is 5.02 Å². The lowest BCUT2D eigenvalue weighted by atomic mass is 10.1. The molecule has 0 atom stereocenters. The van der Waals surface area contributed by atoms with Crippen LogP contribution in [0.3, 0.4) is 0 Å². The summed E-state index contributed by atoms with van der Waals surface area (Å²) in [5.74, 6) is 0. The summed E-state index contributed by atoms with van der Waals surface area (Å²) < 4.78 is 0. The molecule has 2 heteroatoms. The van der Waals surface area contributed by atoms with E-state index in [2.05, 4.69) is 6.07 Å². The average molecular weight is 203 g/mol. The van der Waals surface area contributed by atoms with Gasteiger partial charge in [-0.3, -0.25) is 0 Å².